The molecule has 2 rings (SSSR count). The predicted molar refractivity (Wildman–Crippen MR) is 83.1 cm³/mol. The minimum atomic E-state index is 0.264. The van der Waals surface area contributed by atoms with E-state index >= 15 is 0 Å². The number of nitrogens with two attached hydrogens (primary N) is 1. The van der Waals surface area contributed by atoms with Crippen molar-refractivity contribution in [1.29, 1.82) is 0 Å². The number of hydrogen-bond donors (Lipinski definition) is 1. The Morgan fingerprint density at radius 2 is 2.21 bits per heavy atom. The summed E-state index contributed by atoms with van der Waals surface area (Å²) in [5.41, 5.74) is 8.78. The van der Waals surface area contributed by atoms with E-state index < -0.39 is 0 Å². The van der Waals surface area contributed by atoms with Crippen LogP contribution in [0.3, 0.4) is 0 Å². The third-order valence-corrected chi connectivity index (χ3v) is 5.73. The molecule has 0 saturated heterocycles. The fourth-order valence-electron chi connectivity index (χ4n) is 3.38. The first-order chi connectivity index (χ1) is 9.02. The number of halogens is 1. The van der Waals surface area contributed by atoms with E-state index in [4.69, 9.17) is 5.73 Å². The van der Waals surface area contributed by atoms with Gasteiger partial charge in [0.2, 0.25) is 0 Å². The highest BCUT2D eigenvalue weighted by molar-refractivity contribution is 9.10. The van der Waals surface area contributed by atoms with Crippen molar-refractivity contribution in [2.45, 2.75) is 58.4 Å². The lowest BCUT2D eigenvalue weighted by atomic mass is 9.76. The summed E-state index contributed by atoms with van der Waals surface area (Å²) >= 11 is 3.64. The van der Waals surface area contributed by atoms with E-state index in [-0.39, 0.29) is 6.04 Å². The molecule has 3 atom stereocenters. The summed E-state index contributed by atoms with van der Waals surface area (Å²) in [6.45, 7) is 4.34. The summed E-state index contributed by atoms with van der Waals surface area (Å²) in [5, 5.41) is 4.45. The van der Waals surface area contributed by atoms with Crippen LogP contribution in [0, 0.1) is 18.8 Å². The Morgan fingerprint density at radius 3 is 2.79 bits per heavy atom. The van der Waals surface area contributed by atoms with Crippen LogP contribution in [0.15, 0.2) is 4.47 Å². The Labute approximate surface area is 125 Å². The molecule has 4 heteroatoms. The van der Waals surface area contributed by atoms with Crippen molar-refractivity contribution in [2.75, 3.05) is 0 Å². The first-order valence-corrected chi connectivity index (χ1v) is 8.25. The van der Waals surface area contributed by atoms with Crippen LogP contribution >= 0.6 is 15.9 Å². The SMILES string of the molecule is CCC1CCCC(C(N)Cc2c(Br)c(C)nn2C)C1. The van der Waals surface area contributed by atoms with E-state index in [0.717, 1.165) is 22.5 Å². The molecule has 0 aliphatic heterocycles. The molecule has 1 aliphatic rings. The normalized spacial score (nSPS) is 25.5. The van der Waals surface area contributed by atoms with Crippen molar-refractivity contribution in [3.8, 4) is 0 Å². The van der Waals surface area contributed by atoms with E-state index in [1.807, 2.05) is 18.7 Å². The molecule has 1 aliphatic carbocycles. The molecule has 3 unspecified atom stereocenters. The Kier molecular flexibility index (Phi) is 5.07. The van der Waals surface area contributed by atoms with Crippen LogP contribution in [0.2, 0.25) is 0 Å². The standard InChI is InChI=1S/C15H26BrN3/c1-4-11-6-5-7-12(8-11)13(17)9-14-15(16)10(2)18-19(14)3/h11-13H,4-9,17H2,1-3H3. The summed E-state index contributed by atoms with van der Waals surface area (Å²) in [6, 6.07) is 0.264. The van der Waals surface area contributed by atoms with Gasteiger partial charge in [-0.15, -0.1) is 0 Å². The third kappa shape index (κ3) is 3.40. The number of hydrogen-bond acceptors (Lipinski definition) is 2. The minimum Gasteiger partial charge on any atom is -0.327 e. The Bertz CT molecular complexity index is 427. The molecule has 1 saturated carbocycles. The van der Waals surface area contributed by atoms with Crippen LogP contribution in [-0.4, -0.2) is 15.8 Å². The average molecular weight is 328 g/mol. The van der Waals surface area contributed by atoms with Crippen LogP contribution in [0.25, 0.3) is 0 Å². The van der Waals surface area contributed by atoms with Gasteiger partial charge >= 0.3 is 0 Å². The summed E-state index contributed by atoms with van der Waals surface area (Å²) in [5.74, 6) is 1.57. The molecular weight excluding hydrogens is 302 g/mol. The lowest BCUT2D eigenvalue weighted by Gasteiger charge is -2.32. The molecule has 1 fully saturated rings. The Balaban J connectivity index is 2.02. The zero-order valence-corrected chi connectivity index (χ0v) is 13.9. The molecule has 2 N–H and O–H groups in total. The van der Waals surface area contributed by atoms with Crippen LogP contribution < -0.4 is 5.73 Å². The van der Waals surface area contributed by atoms with Crippen molar-refractivity contribution in [1.82, 2.24) is 9.78 Å². The van der Waals surface area contributed by atoms with Crippen LogP contribution in [0.1, 0.15) is 50.4 Å². The molecule has 1 aromatic heterocycles. The summed E-state index contributed by atoms with van der Waals surface area (Å²) < 4.78 is 3.10. The van der Waals surface area contributed by atoms with Gasteiger partial charge in [-0.25, -0.2) is 0 Å². The van der Waals surface area contributed by atoms with E-state index in [1.165, 1.54) is 37.8 Å². The molecule has 1 aromatic rings. The van der Waals surface area contributed by atoms with Crippen molar-refractivity contribution in [3.63, 3.8) is 0 Å². The lowest BCUT2D eigenvalue weighted by molar-refractivity contribution is 0.227. The first-order valence-electron chi connectivity index (χ1n) is 7.46. The summed E-state index contributed by atoms with van der Waals surface area (Å²) in [4.78, 5) is 0. The molecule has 0 bridgehead atoms. The zero-order chi connectivity index (χ0) is 14.0. The Morgan fingerprint density at radius 1 is 1.47 bits per heavy atom. The van der Waals surface area contributed by atoms with Gasteiger partial charge in [-0.1, -0.05) is 26.2 Å². The van der Waals surface area contributed by atoms with Crippen molar-refractivity contribution in [3.05, 3.63) is 15.9 Å². The number of rotatable bonds is 4. The first kappa shape index (κ1) is 15.0. The molecule has 108 valence electrons. The summed E-state index contributed by atoms with van der Waals surface area (Å²) in [7, 11) is 2.01. The Hall–Kier alpha value is -0.350. The number of aromatic nitrogens is 2. The van der Waals surface area contributed by atoms with Gasteiger partial charge in [-0.05, 0) is 47.5 Å². The largest absolute Gasteiger partial charge is 0.327 e. The third-order valence-electron chi connectivity index (χ3n) is 4.70. The maximum atomic E-state index is 6.48. The quantitative estimate of drug-likeness (QED) is 0.918. The van der Waals surface area contributed by atoms with Crippen LogP contribution in [0.5, 0.6) is 0 Å². The van der Waals surface area contributed by atoms with Gasteiger partial charge < -0.3 is 5.73 Å². The second-order valence-corrected chi connectivity index (χ2v) is 6.83. The van der Waals surface area contributed by atoms with E-state index in [1.54, 1.807) is 0 Å². The van der Waals surface area contributed by atoms with E-state index in [0.29, 0.717) is 5.92 Å². The molecule has 0 aromatic carbocycles. The fraction of sp³-hybridized carbons (Fsp3) is 0.800. The molecule has 1 heterocycles. The average Bonchev–Trinajstić information content (AvgIpc) is 2.65. The van der Waals surface area contributed by atoms with E-state index in [2.05, 4.69) is 28.0 Å². The molecular formula is C15H26BrN3. The van der Waals surface area contributed by atoms with Crippen LogP contribution in [0.4, 0.5) is 0 Å². The second kappa shape index (κ2) is 6.40. The highest BCUT2D eigenvalue weighted by Gasteiger charge is 2.27. The fourth-order valence-corrected chi connectivity index (χ4v) is 3.88. The maximum Gasteiger partial charge on any atom is 0.0738 e. The highest BCUT2D eigenvalue weighted by atomic mass is 79.9. The monoisotopic (exact) mass is 327 g/mol. The molecule has 19 heavy (non-hydrogen) atoms. The molecule has 0 radical (unpaired) electrons. The minimum absolute atomic E-state index is 0.264. The smallest absolute Gasteiger partial charge is 0.0738 e. The van der Waals surface area contributed by atoms with Crippen molar-refractivity contribution in [2.24, 2.45) is 24.6 Å². The number of nitrogens with zero attached hydrogens (tertiary/aromatic N) is 2. The van der Waals surface area contributed by atoms with Gasteiger partial charge in [0.1, 0.15) is 0 Å². The maximum absolute atomic E-state index is 6.48. The second-order valence-electron chi connectivity index (χ2n) is 6.04. The lowest BCUT2D eigenvalue weighted by Crippen LogP contribution is -2.36. The van der Waals surface area contributed by atoms with Gasteiger partial charge in [0.25, 0.3) is 0 Å². The van der Waals surface area contributed by atoms with Gasteiger partial charge in [-0.3, -0.25) is 4.68 Å². The van der Waals surface area contributed by atoms with Crippen LogP contribution in [-0.2, 0) is 13.5 Å². The number of aryl methyl sites for hydroxylation is 2. The topological polar surface area (TPSA) is 43.8 Å². The van der Waals surface area contributed by atoms with Gasteiger partial charge in [0.15, 0.2) is 0 Å². The highest BCUT2D eigenvalue weighted by Crippen LogP contribution is 2.34. The van der Waals surface area contributed by atoms with Crippen molar-refractivity contribution < 1.29 is 0 Å². The predicted octanol–water partition coefficient (Wildman–Crippen LogP) is 3.58. The molecule has 3 nitrogen and oxygen atoms in total. The molecule has 0 spiro atoms. The molecule has 0 amide bonds. The summed E-state index contributed by atoms with van der Waals surface area (Å²) in [6.07, 6.45) is 7.59. The van der Waals surface area contributed by atoms with Gasteiger partial charge in [0, 0.05) is 19.5 Å². The zero-order valence-electron chi connectivity index (χ0n) is 12.3. The van der Waals surface area contributed by atoms with Crippen molar-refractivity contribution >= 4 is 15.9 Å². The van der Waals surface area contributed by atoms with Gasteiger partial charge in [0.05, 0.1) is 15.9 Å². The van der Waals surface area contributed by atoms with Gasteiger partial charge in [-0.2, -0.15) is 5.10 Å². The van der Waals surface area contributed by atoms with E-state index in [9.17, 15) is 0 Å².